The van der Waals surface area contributed by atoms with Crippen molar-refractivity contribution in [3.8, 4) is 0 Å². The maximum Gasteiger partial charge on any atom is 0.220 e. The van der Waals surface area contributed by atoms with Crippen LogP contribution in [0.5, 0.6) is 0 Å². The molecular formula is C10H13FN2O3S. The van der Waals surface area contributed by atoms with Crippen LogP contribution in [0.2, 0.25) is 0 Å². The van der Waals surface area contributed by atoms with Crippen LogP contribution in [0.15, 0.2) is 23.1 Å². The minimum Gasteiger partial charge on any atom is -0.398 e. The molecule has 0 fully saturated rings. The number of nitrogens with two attached hydrogens (primary N) is 1. The van der Waals surface area contributed by atoms with Gasteiger partial charge in [-0.2, -0.15) is 0 Å². The molecule has 0 saturated heterocycles. The minimum absolute atomic E-state index is 0.150. The summed E-state index contributed by atoms with van der Waals surface area (Å²) in [5.41, 5.74) is 5.28. The van der Waals surface area contributed by atoms with Crippen LogP contribution in [0.25, 0.3) is 0 Å². The Morgan fingerprint density at radius 2 is 2.12 bits per heavy atom. The predicted molar refractivity (Wildman–Crippen MR) is 61.5 cm³/mol. The van der Waals surface area contributed by atoms with E-state index in [1.165, 1.54) is 7.05 Å². The highest BCUT2D eigenvalue weighted by Crippen LogP contribution is 2.20. The lowest BCUT2D eigenvalue weighted by molar-refractivity contribution is -0.120. The normalized spacial score (nSPS) is 11.2. The van der Waals surface area contributed by atoms with Crippen molar-refractivity contribution in [3.63, 3.8) is 0 Å². The van der Waals surface area contributed by atoms with Crippen LogP contribution in [-0.2, 0) is 14.6 Å². The number of rotatable bonds is 4. The molecule has 7 heteroatoms. The fourth-order valence-corrected chi connectivity index (χ4v) is 2.63. The fourth-order valence-electron chi connectivity index (χ4n) is 1.26. The van der Waals surface area contributed by atoms with E-state index in [1.807, 2.05) is 0 Å². The number of carbonyl (C=O) groups excluding carboxylic acids is 1. The Bertz CT molecular complexity index is 528. The van der Waals surface area contributed by atoms with E-state index in [1.54, 1.807) is 0 Å². The molecule has 1 aromatic rings. The van der Waals surface area contributed by atoms with Crippen LogP contribution >= 0.6 is 0 Å². The van der Waals surface area contributed by atoms with Gasteiger partial charge in [0.05, 0.1) is 16.3 Å². The van der Waals surface area contributed by atoms with Gasteiger partial charge in [-0.25, -0.2) is 12.8 Å². The molecule has 1 aromatic carbocycles. The molecule has 1 amide bonds. The summed E-state index contributed by atoms with van der Waals surface area (Å²) >= 11 is 0. The third-order valence-corrected chi connectivity index (χ3v) is 3.97. The molecule has 0 atom stereocenters. The molecule has 3 N–H and O–H groups in total. The van der Waals surface area contributed by atoms with Crippen molar-refractivity contribution in [1.82, 2.24) is 5.32 Å². The molecule has 0 aliphatic carbocycles. The van der Waals surface area contributed by atoms with Gasteiger partial charge in [-0.05, 0) is 18.2 Å². The summed E-state index contributed by atoms with van der Waals surface area (Å²) in [7, 11) is -2.25. The first kappa shape index (κ1) is 13.4. The zero-order chi connectivity index (χ0) is 13.1. The SMILES string of the molecule is CNC(=O)CCS(=O)(=O)c1ccc(F)cc1N. The van der Waals surface area contributed by atoms with E-state index in [0.717, 1.165) is 18.2 Å². The number of carbonyl (C=O) groups is 1. The fraction of sp³-hybridized carbons (Fsp3) is 0.300. The van der Waals surface area contributed by atoms with Gasteiger partial charge < -0.3 is 11.1 Å². The number of anilines is 1. The number of halogens is 1. The quantitative estimate of drug-likeness (QED) is 0.602. The highest BCUT2D eigenvalue weighted by molar-refractivity contribution is 7.91. The number of nitrogen functional groups attached to an aromatic ring is 1. The molecule has 0 aliphatic heterocycles. The van der Waals surface area contributed by atoms with E-state index in [4.69, 9.17) is 5.73 Å². The van der Waals surface area contributed by atoms with E-state index >= 15 is 0 Å². The molecule has 17 heavy (non-hydrogen) atoms. The van der Waals surface area contributed by atoms with Crippen LogP contribution in [0.3, 0.4) is 0 Å². The van der Waals surface area contributed by atoms with Gasteiger partial charge in [0.2, 0.25) is 5.91 Å². The molecule has 0 heterocycles. The van der Waals surface area contributed by atoms with Crippen LogP contribution < -0.4 is 11.1 Å². The molecule has 0 aliphatic rings. The smallest absolute Gasteiger partial charge is 0.220 e. The van der Waals surface area contributed by atoms with Gasteiger partial charge in [0.15, 0.2) is 9.84 Å². The van der Waals surface area contributed by atoms with Crippen LogP contribution in [0.1, 0.15) is 6.42 Å². The average Bonchev–Trinajstić information content (AvgIpc) is 2.25. The Morgan fingerprint density at radius 1 is 1.47 bits per heavy atom. The molecule has 0 unspecified atom stereocenters. The van der Waals surface area contributed by atoms with Crippen molar-refractivity contribution in [2.75, 3.05) is 18.5 Å². The van der Waals surface area contributed by atoms with Crippen molar-refractivity contribution >= 4 is 21.4 Å². The molecule has 0 bridgehead atoms. The topological polar surface area (TPSA) is 89.3 Å². The van der Waals surface area contributed by atoms with Crippen molar-refractivity contribution in [1.29, 1.82) is 0 Å². The van der Waals surface area contributed by atoms with Gasteiger partial charge in [-0.3, -0.25) is 4.79 Å². The van der Waals surface area contributed by atoms with Gasteiger partial charge in [0, 0.05) is 13.5 Å². The van der Waals surface area contributed by atoms with Crippen molar-refractivity contribution in [3.05, 3.63) is 24.0 Å². The largest absolute Gasteiger partial charge is 0.398 e. The molecule has 0 radical (unpaired) electrons. The van der Waals surface area contributed by atoms with E-state index < -0.39 is 15.7 Å². The summed E-state index contributed by atoms with van der Waals surface area (Å²) < 4.78 is 36.4. The van der Waals surface area contributed by atoms with Gasteiger partial charge in [-0.15, -0.1) is 0 Å². The van der Waals surface area contributed by atoms with Gasteiger partial charge >= 0.3 is 0 Å². The molecule has 0 spiro atoms. The third-order valence-electron chi connectivity index (χ3n) is 2.18. The molecule has 94 valence electrons. The van der Waals surface area contributed by atoms with Crippen LogP contribution in [0.4, 0.5) is 10.1 Å². The molecule has 5 nitrogen and oxygen atoms in total. The number of nitrogens with one attached hydrogen (secondary N) is 1. The second-order valence-electron chi connectivity index (χ2n) is 3.42. The van der Waals surface area contributed by atoms with E-state index in [-0.39, 0.29) is 28.7 Å². The Kier molecular flexibility index (Phi) is 4.06. The zero-order valence-electron chi connectivity index (χ0n) is 9.23. The monoisotopic (exact) mass is 260 g/mol. The maximum atomic E-state index is 12.8. The molecule has 1 rings (SSSR count). The summed E-state index contributed by atoms with van der Waals surface area (Å²) in [6.45, 7) is 0. The first-order valence-corrected chi connectivity index (χ1v) is 6.50. The van der Waals surface area contributed by atoms with Crippen molar-refractivity contribution in [2.24, 2.45) is 0 Å². The number of hydrogen-bond acceptors (Lipinski definition) is 4. The lowest BCUT2D eigenvalue weighted by Crippen LogP contribution is -2.21. The second kappa shape index (κ2) is 5.13. The Labute approximate surface area is 98.7 Å². The number of benzene rings is 1. The summed E-state index contributed by atoms with van der Waals surface area (Å²) in [5.74, 6) is -1.34. The molecular weight excluding hydrogens is 247 g/mol. The first-order valence-electron chi connectivity index (χ1n) is 4.85. The van der Waals surface area contributed by atoms with E-state index in [0.29, 0.717) is 0 Å². The van der Waals surface area contributed by atoms with Gasteiger partial charge in [0.25, 0.3) is 0 Å². The number of hydrogen-bond donors (Lipinski definition) is 2. The van der Waals surface area contributed by atoms with Gasteiger partial charge in [0.1, 0.15) is 5.82 Å². The standard InChI is InChI=1S/C10H13FN2O3S/c1-13-10(14)4-5-17(15,16)9-3-2-7(11)6-8(9)12/h2-3,6H,4-5,12H2,1H3,(H,13,14). The Morgan fingerprint density at radius 3 is 2.65 bits per heavy atom. The van der Waals surface area contributed by atoms with Crippen molar-refractivity contribution in [2.45, 2.75) is 11.3 Å². The van der Waals surface area contributed by atoms with Gasteiger partial charge in [-0.1, -0.05) is 0 Å². The highest BCUT2D eigenvalue weighted by Gasteiger charge is 2.19. The van der Waals surface area contributed by atoms with Crippen LogP contribution in [0, 0.1) is 5.82 Å². The van der Waals surface area contributed by atoms with Crippen LogP contribution in [-0.4, -0.2) is 27.1 Å². The zero-order valence-corrected chi connectivity index (χ0v) is 10.1. The third kappa shape index (κ3) is 3.42. The van der Waals surface area contributed by atoms with E-state index in [9.17, 15) is 17.6 Å². The van der Waals surface area contributed by atoms with Crippen molar-refractivity contribution < 1.29 is 17.6 Å². The summed E-state index contributed by atoms with van der Waals surface area (Å²) in [6.07, 6.45) is -0.157. The lowest BCUT2D eigenvalue weighted by atomic mass is 10.3. The average molecular weight is 260 g/mol. The Hall–Kier alpha value is -1.63. The lowest BCUT2D eigenvalue weighted by Gasteiger charge is -2.07. The predicted octanol–water partition coefficient (Wildman–Crippen LogP) is 0.318. The second-order valence-corrected chi connectivity index (χ2v) is 5.50. The summed E-state index contributed by atoms with van der Waals surface area (Å²) in [6, 6.07) is 3.06. The van der Waals surface area contributed by atoms with E-state index in [2.05, 4.69) is 5.32 Å². The minimum atomic E-state index is -3.67. The number of amides is 1. The first-order chi connectivity index (χ1) is 7.86. The highest BCUT2D eigenvalue weighted by atomic mass is 32.2. The molecule has 0 saturated carbocycles. The Balaban J connectivity index is 2.94. The summed E-state index contributed by atoms with van der Waals surface area (Å²) in [5, 5.41) is 2.32. The summed E-state index contributed by atoms with van der Waals surface area (Å²) in [4.78, 5) is 10.8. The molecule has 0 aromatic heterocycles. The maximum absolute atomic E-state index is 12.8. The number of sulfone groups is 1.